The summed E-state index contributed by atoms with van der Waals surface area (Å²) >= 11 is 0. The highest BCUT2D eigenvalue weighted by atomic mass is 16.8. The summed E-state index contributed by atoms with van der Waals surface area (Å²) in [5.41, 5.74) is -1.04. The van der Waals surface area contributed by atoms with Crippen LogP contribution in [0, 0.1) is 0 Å². The van der Waals surface area contributed by atoms with Gasteiger partial charge in [-0.25, -0.2) is 0 Å². The average Bonchev–Trinajstić information content (AvgIpc) is 2.94. The molecule has 0 saturated carbocycles. The Morgan fingerprint density at radius 3 is 2.05 bits per heavy atom. The molecule has 1 aromatic rings. The third-order valence-electron chi connectivity index (χ3n) is 6.86. The summed E-state index contributed by atoms with van der Waals surface area (Å²) in [6.07, 6.45) is -14.8. The van der Waals surface area contributed by atoms with Crippen LogP contribution in [0.5, 0.6) is 0 Å². The van der Waals surface area contributed by atoms with Gasteiger partial charge in [-0.05, 0) is 12.8 Å². The van der Waals surface area contributed by atoms with Crippen LogP contribution < -0.4 is 21.5 Å². The van der Waals surface area contributed by atoms with Crippen molar-refractivity contribution in [2.24, 2.45) is 0 Å². The first kappa shape index (κ1) is 32.3. The molecular weight excluding hydrogens is 540 g/mol. The molecule has 2 aliphatic heterocycles. The van der Waals surface area contributed by atoms with E-state index in [1.165, 1.54) is 0 Å². The molecule has 2 aliphatic rings. The van der Waals surface area contributed by atoms with E-state index in [1.54, 1.807) is 0 Å². The van der Waals surface area contributed by atoms with Crippen molar-refractivity contribution in [2.45, 2.75) is 94.0 Å². The number of carbonyl (C=O) groups is 1. The number of ether oxygens (including phenoxy) is 4. The number of carboxylic acids is 1. The molecule has 4 unspecified atom stereocenters. The summed E-state index contributed by atoms with van der Waals surface area (Å²) in [5.74, 6) is -1.18. The van der Waals surface area contributed by atoms with Crippen LogP contribution in [0.15, 0.2) is 9.59 Å². The summed E-state index contributed by atoms with van der Waals surface area (Å²) in [6, 6.07) is 0. The Balaban J connectivity index is 1.65. The first-order valence-corrected chi connectivity index (χ1v) is 13.1. The quantitative estimate of drug-likeness (QED) is 0.0720. The first-order chi connectivity index (χ1) is 19.0. The molecule has 2 saturated heterocycles. The van der Waals surface area contributed by atoms with E-state index in [-0.39, 0.29) is 30.9 Å². The molecule has 2 fully saturated rings. The largest absolute Gasteiger partial charge is 0.481 e. The molecule has 16 nitrogen and oxygen atoms in total. The molecular formula is C24H38N2O14. The topological polar surface area (TPSA) is 254 Å². The Morgan fingerprint density at radius 2 is 1.45 bits per heavy atom. The Labute approximate surface area is 228 Å². The van der Waals surface area contributed by atoms with E-state index in [4.69, 9.17) is 24.1 Å². The number of nitrogens with one attached hydrogen (secondary N) is 2. The lowest BCUT2D eigenvalue weighted by molar-refractivity contribution is -0.365. The van der Waals surface area contributed by atoms with Crippen molar-refractivity contribution in [1.82, 2.24) is 0 Å². The second kappa shape index (κ2) is 14.6. The molecule has 0 amide bonds. The molecule has 3 rings (SSSR count). The zero-order chi connectivity index (χ0) is 29.6. The monoisotopic (exact) mass is 578 g/mol. The fraction of sp³-hybridized carbons (Fsp3) is 0.792. The van der Waals surface area contributed by atoms with Crippen molar-refractivity contribution in [3.8, 4) is 0 Å². The minimum Gasteiger partial charge on any atom is -0.481 e. The highest BCUT2D eigenvalue weighted by Crippen LogP contribution is 2.30. The van der Waals surface area contributed by atoms with E-state index < -0.39 is 91.3 Å². The van der Waals surface area contributed by atoms with Crippen molar-refractivity contribution in [3.05, 3.63) is 20.4 Å². The molecule has 2 heterocycles. The van der Waals surface area contributed by atoms with Gasteiger partial charge >= 0.3 is 5.97 Å². The predicted octanol–water partition coefficient (Wildman–Crippen LogP) is -3.58. The summed E-state index contributed by atoms with van der Waals surface area (Å²) < 4.78 is 22.3. The van der Waals surface area contributed by atoms with Crippen molar-refractivity contribution in [2.75, 3.05) is 36.9 Å². The van der Waals surface area contributed by atoms with E-state index in [2.05, 4.69) is 10.6 Å². The molecule has 16 heteroatoms. The molecule has 9 N–H and O–H groups in total. The first-order valence-electron chi connectivity index (χ1n) is 13.1. The number of hydrogen-bond donors (Lipinski definition) is 9. The number of rotatable bonds is 15. The number of carboxylic acid groups (broad SMARTS) is 1. The maximum absolute atomic E-state index is 11.9. The van der Waals surface area contributed by atoms with Gasteiger partial charge in [0, 0.05) is 19.5 Å². The fourth-order valence-corrected chi connectivity index (χ4v) is 4.49. The van der Waals surface area contributed by atoms with Crippen molar-refractivity contribution < 1.29 is 59.5 Å². The smallest absolute Gasteiger partial charge is 0.303 e. The summed E-state index contributed by atoms with van der Waals surface area (Å²) in [5, 5.41) is 76.0. The SMILES string of the molecule is CCCCNc1c(NCCO[C@H]2OC(CO)[C@@H](O)[C@H](O)C2O[C@H]2OC(CCC(=O)O)[C@@H](O)[C@H](O)C2O)c(=O)c1=O. The molecule has 10 atom stereocenters. The van der Waals surface area contributed by atoms with E-state index in [0.29, 0.717) is 6.54 Å². The minimum absolute atomic E-state index is 0.00700. The van der Waals surface area contributed by atoms with Gasteiger partial charge in [-0.3, -0.25) is 14.4 Å². The zero-order valence-corrected chi connectivity index (χ0v) is 21.9. The highest BCUT2D eigenvalue weighted by Gasteiger charge is 2.50. The van der Waals surface area contributed by atoms with Gasteiger partial charge in [0.1, 0.15) is 54.1 Å². The molecule has 1 aromatic carbocycles. The van der Waals surface area contributed by atoms with Gasteiger partial charge in [-0.1, -0.05) is 13.3 Å². The Kier molecular flexibility index (Phi) is 11.8. The lowest BCUT2D eigenvalue weighted by atomic mass is 9.95. The second-order valence-corrected chi connectivity index (χ2v) is 9.74. The number of anilines is 2. The van der Waals surface area contributed by atoms with Crippen molar-refractivity contribution in [3.63, 3.8) is 0 Å². The van der Waals surface area contributed by atoms with Crippen LogP contribution in [0.4, 0.5) is 11.4 Å². The second-order valence-electron chi connectivity index (χ2n) is 9.74. The Bertz CT molecular complexity index is 1030. The van der Waals surface area contributed by atoms with Crippen LogP contribution in [0.3, 0.4) is 0 Å². The van der Waals surface area contributed by atoms with E-state index in [1.807, 2.05) is 6.92 Å². The van der Waals surface area contributed by atoms with Gasteiger partial charge in [-0.2, -0.15) is 0 Å². The predicted molar refractivity (Wildman–Crippen MR) is 135 cm³/mol. The summed E-state index contributed by atoms with van der Waals surface area (Å²) in [6.45, 7) is 1.64. The minimum atomic E-state index is -1.83. The fourth-order valence-electron chi connectivity index (χ4n) is 4.49. The molecule has 0 spiro atoms. The van der Waals surface area contributed by atoms with Crippen LogP contribution in [-0.2, 0) is 23.7 Å². The number of aliphatic hydroxyl groups excluding tert-OH is 6. The maximum Gasteiger partial charge on any atom is 0.303 e. The summed E-state index contributed by atoms with van der Waals surface area (Å²) in [7, 11) is 0. The molecule has 0 aromatic heterocycles. The lowest BCUT2D eigenvalue weighted by Crippen LogP contribution is -2.64. The van der Waals surface area contributed by atoms with Gasteiger partial charge in [0.05, 0.1) is 19.3 Å². The van der Waals surface area contributed by atoms with Crippen LogP contribution in [-0.4, -0.2) is 129 Å². The molecule has 0 bridgehead atoms. The van der Waals surface area contributed by atoms with E-state index in [0.717, 1.165) is 12.8 Å². The van der Waals surface area contributed by atoms with Crippen LogP contribution in [0.2, 0.25) is 0 Å². The summed E-state index contributed by atoms with van der Waals surface area (Å²) in [4.78, 5) is 34.7. The third-order valence-corrected chi connectivity index (χ3v) is 6.86. The number of unbranched alkanes of at least 4 members (excludes halogenated alkanes) is 1. The van der Waals surface area contributed by atoms with E-state index in [9.17, 15) is 45.0 Å². The lowest BCUT2D eigenvalue weighted by Gasteiger charge is -2.46. The van der Waals surface area contributed by atoms with Crippen LogP contribution in [0.25, 0.3) is 0 Å². The van der Waals surface area contributed by atoms with Crippen molar-refractivity contribution >= 4 is 17.3 Å². The molecule has 228 valence electrons. The standard InChI is InChI=1S/C24H38N2O14/c1-2-3-6-25-13-14(18(33)17(13)32)26-7-8-37-24-22(20(35)16(31)11(9-27)39-24)40-23-21(36)19(34)15(30)10(38-23)4-5-12(28)29/h10-11,15-16,19-27,30-31,34-36H,2-9H2,1H3,(H,28,29)/t10?,11?,15-,16-,19+,20+,21?,22?,23-,24+/m1/s1. The van der Waals surface area contributed by atoms with Crippen LogP contribution in [0.1, 0.15) is 32.6 Å². The van der Waals surface area contributed by atoms with Crippen molar-refractivity contribution in [1.29, 1.82) is 0 Å². The Hall–Kier alpha value is -2.25. The average molecular weight is 579 g/mol. The number of aliphatic hydroxyl groups is 6. The molecule has 40 heavy (non-hydrogen) atoms. The van der Waals surface area contributed by atoms with Crippen LogP contribution >= 0.6 is 0 Å². The number of hydrogen-bond acceptors (Lipinski definition) is 15. The van der Waals surface area contributed by atoms with Gasteiger partial charge in [-0.15, -0.1) is 0 Å². The normalized spacial score (nSPS) is 34.6. The highest BCUT2D eigenvalue weighted by molar-refractivity contribution is 5.73. The number of aliphatic carboxylic acids is 1. The third kappa shape index (κ3) is 7.33. The van der Waals surface area contributed by atoms with E-state index >= 15 is 0 Å². The Morgan fingerprint density at radius 1 is 0.850 bits per heavy atom. The molecule has 0 aliphatic carbocycles. The van der Waals surface area contributed by atoms with Gasteiger partial charge in [0.2, 0.25) is 0 Å². The van der Waals surface area contributed by atoms with Gasteiger partial charge in [0.25, 0.3) is 10.9 Å². The van der Waals surface area contributed by atoms with Gasteiger partial charge in [0.15, 0.2) is 12.6 Å². The van der Waals surface area contributed by atoms with Gasteiger partial charge < -0.3 is 65.3 Å². The zero-order valence-electron chi connectivity index (χ0n) is 21.9. The molecule has 0 radical (unpaired) electrons. The maximum atomic E-state index is 11.9.